The Morgan fingerprint density at radius 1 is 1.04 bits per heavy atom. The summed E-state index contributed by atoms with van der Waals surface area (Å²) in [5.74, 6) is -0.0127. The summed E-state index contributed by atoms with van der Waals surface area (Å²) in [7, 11) is -3.42. The van der Waals surface area contributed by atoms with Crippen molar-refractivity contribution in [2.75, 3.05) is 22.7 Å². The third-order valence-electron chi connectivity index (χ3n) is 4.16. The zero-order chi connectivity index (χ0) is 16.3. The number of hydrogen-bond acceptors (Lipinski definition) is 3. The Kier molecular flexibility index (Phi) is 4.57. The van der Waals surface area contributed by atoms with E-state index < -0.39 is 10.0 Å². The maximum Gasteiger partial charge on any atom is 0.236 e. The monoisotopic (exact) mass is 330 g/mol. The Labute approximate surface area is 138 Å². The van der Waals surface area contributed by atoms with Crippen LogP contribution >= 0.6 is 0 Å². The van der Waals surface area contributed by atoms with E-state index >= 15 is 0 Å². The molecular weight excluding hydrogens is 308 g/mol. The largest absolute Gasteiger partial charge is 0.371 e. The fourth-order valence-electron chi connectivity index (χ4n) is 2.89. The van der Waals surface area contributed by atoms with E-state index in [2.05, 4.69) is 15.7 Å². The van der Waals surface area contributed by atoms with Gasteiger partial charge >= 0.3 is 0 Å². The van der Waals surface area contributed by atoms with E-state index in [1.165, 1.54) is 12.8 Å². The van der Waals surface area contributed by atoms with Gasteiger partial charge in [0.25, 0.3) is 0 Å². The average Bonchev–Trinajstić information content (AvgIpc) is 3.04. The van der Waals surface area contributed by atoms with Gasteiger partial charge in [-0.2, -0.15) is 0 Å². The molecule has 1 saturated heterocycles. The van der Waals surface area contributed by atoms with E-state index in [9.17, 15) is 8.42 Å². The van der Waals surface area contributed by atoms with Crippen LogP contribution in [0.25, 0.3) is 0 Å². The molecule has 2 aromatic rings. The normalized spacial score (nSPS) is 14.9. The van der Waals surface area contributed by atoms with Gasteiger partial charge in [-0.05, 0) is 43.0 Å². The number of rotatable bonds is 5. The van der Waals surface area contributed by atoms with Crippen molar-refractivity contribution in [3.8, 4) is 0 Å². The molecule has 23 heavy (non-hydrogen) atoms. The third-order valence-corrected chi connectivity index (χ3v) is 5.40. The predicted octanol–water partition coefficient (Wildman–Crippen LogP) is 3.54. The Balaban J connectivity index is 1.79. The molecule has 1 N–H and O–H groups in total. The van der Waals surface area contributed by atoms with Gasteiger partial charge in [-0.1, -0.05) is 36.4 Å². The van der Waals surface area contributed by atoms with E-state index in [0.29, 0.717) is 5.69 Å². The van der Waals surface area contributed by atoms with Crippen LogP contribution in [0, 0.1) is 6.92 Å². The molecule has 0 aromatic heterocycles. The van der Waals surface area contributed by atoms with Crippen LogP contribution in [0.5, 0.6) is 0 Å². The topological polar surface area (TPSA) is 49.4 Å². The van der Waals surface area contributed by atoms with E-state index in [4.69, 9.17) is 0 Å². The molecule has 0 radical (unpaired) electrons. The molecule has 122 valence electrons. The van der Waals surface area contributed by atoms with Crippen molar-refractivity contribution in [1.82, 2.24) is 0 Å². The molecule has 0 bridgehead atoms. The van der Waals surface area contributed by atoms with Crippen molar-refractivity contribution < 1.29 is 8.42 Å². The van der Waals surface area contributed by atoms with Crippen molar-refractivity contribution in [2.45, 2.75) is 25.5 Å². The summed E-state index contributed by atoms with van der Waals surface area (Å²) >= 11 is 0. The van der Waals surface area contributed by atoms with Crippen LogP contribution in [0.1, 0.15) is 24.0 Å². The van der Waals surface area contributed by atoms with Gasteiger partial charge < -0.3 is 4.90 Å². The number of nitrogens with one attached hydrogen (secondary N) is 1. The highest BCUT2D eigenvalue weighted by Crippen LogP contribution is 2.27. The Morgan fingerprint density at radius 2 is 1.74 bits per heavy atom. The van der Waals surface area contributed by atoms with Crippen molar-refractivity contribution >= 4 is 21.4 Å². The van der Waals surface area contributed by atoms with E-state index in [0.717, 1.165) is 29.9 Å². The van der Waals surface area contributed by atoms with Crippen molar-refractivity contribution in [1.29, 1.82) is 0 Å². The fraction of sp³-hybridized carbons (Fsp3) is 0.333. The summed E-state index contributed by atoms with van der Waals surface area (Å²) in [4.78, 5) is 2.30. The second kappa shape index (κ2) is 6.62. The van der Waals surface area contributed by atoms with Crippen molar-refractivity contribution in [3.63, 3.8) is 0 Å². The van der Waals surface area contributed by atoms with Gasteiger partial charge in [-0.25, -0.2) is 8.42 Å². The SMILES string of the molecule is Cc1ccc(N2CCCC2)cc1NS(=O)(=O)Cc1ccccc1. The van der Waals surface area contributed by atoms with Crippen LogP contribution in [0.4, 0.5) is 11.4 Å². The van der Waals surface area contributed by atoms with Gasteiger partial charge in [0.05, 0.1) is 11.4 Å². The zero-order valence-corrected chi connectivity index (χ0v) is 14.1. The molecular formula is C18H22N2O2S. The molecule has 2 aromatic carbocycles. The minimum Gasteiger partial charge on any atom is -0.371 e. The average molecular weight is 330 g/mol. The summed E-state index contributed by atoms with van der Waals surface area (Å²) in [6, 6.07) is 15.2. The number of anilines is 2. The number of aryl methyl sites for hydroxylation is 1. The van der Waals surface area contributed by atoms with Crippen LogP contribution in [0.15, 0.2) is 48.5 Å². The summed E-state index contributed by atoms with van der Waals surface area (Å²) < 4.78 is 27.6. The van der Waals surface area contributed by atoms with E-state index in [1.807, 2.05) is 49.4 Å². The van der Waals surface area contributed by atoms with Gasteiger partial charge in [-0.15, -0.1) is 0 Å². The van der Waals surface area contributed by atoms with Gasteiger partial charge in [0.15, 0.2) is 0 Å². The highest BCUT2D eigenvalue weighted by Gasteiger charge is 2.16. The predicted molar refractivity (Wildman–Crippen MR) is 95.3 cm³/mol. The first-order valence-corrected chi connectivity index (χ1v) is 9.59. The van der Waals surface area contributed by atoms with E-state index in [-0.39, 0.29) is 5.75 Å². The Morgan fingerprint density at radius 3 is 2.43 bits per heavy atom. The summed E-state index contributed by atoms with van der Waals surface area (Å²) in [5.41, 5.74) is 3.48. The highest BCUT2D eigenvalue weighted by atomic mass is 32.2. The lowest BCUT2D eigenvalue weighted by Crippen LogP contribution is -2.19. The molecule has 1 aliphatic heterocycles. The Hall–Kier alpha value is -2.01. The quantitative estimate of drug-likeness (QED) is 0.912. The maximum absolute atomic E-state index is 12.4. The third kappa shape index (κ3) is 4.05. The molecule has 0 atom stereocenters. The molecule has 0 unspecified atom stereocenters. The smallest absolute Gasteiger partial charge is 0.236 e. The molecule has 5 heteroatoms. The molecule has 1 fully saturated rings. The Bertz CT molecular complexity index is 767. The second-order valence-corrected chi connectivity index (χ2v) is 7.76. The van der Waals surface area contributed by atoms with Gasteiger partial charge in [0.2, 0.25) is 10.0 Å². The van der Waals surface area contributed by atoms with Crippen LogP contribution < -0.4 is 9.62 Å². The molecule has 0 saturated carbocycles. The minimum atomic E-state index is -3.42. The number of sulfonamides is 1. The summed E-state index contributed by atoms with van der Waals surface area (Å²) in [5, 5.41) is 0. The summed E-state index contributed by atoms with van der Waals surface area (Å²) in [6.45, 7) is 4.01. The van der Waals surface area contributed by atoms with Crippen LogP contribution in [0.3, 0.4) is 0 Å². The molecule has 0 amide bonds. The molecule has 4 nitrogen and oxygen atoms in total. The maximum atomic E-state index is 12.4. The zero-order valence-electron chi connectivity index (χ0n) is 13.3. The van der Waals surface area contributed by atoms with Crippen LogP contribution in [0.2, 0.25) is 0 Å². The van der Waals surface area contributed by atoms with Crippen LogP contribution in [-0.4, -0.2) is 21.5 Å². The van der Waals surface area contributed by atoms with Crippen molar-refractivity contribution in [3.05, 3.63) is 59.7 Å². The lowest BCUT2D eigenvalue weighted by atomic mass is 10.2. The molecule has 1 aliphatic rings. The van der Waals surface area contributed by atoms with Gasteiger partial charge in [0, 0.05) is 18.8 Å². The first-order valence-electron chi connectivity index (χ1n) is 7.93. The number of hydrogen-bond donors (Lipinski definition) is 1. The van der Waals surface area contributed by atoms with Crippen molar-refractivity contribution in [2.24, 2.45) is 0 Å². The molecule has 1 heterocycles. The van der Waals surface area contributed by atoms with E-state index in [1.54, 1.807) is 0 Å². The summed E-state index contributed by atoms with van der Waals surface area (Å²) in [6.07, 6.45) is 2.39. The first kappa shape index (κ1) is 15.9. The highest BCUT2D eigenvalue weighted by molar-refractivity contribution is 7.91. The number of benzene rings is 2. The number of nitrogens with zero attached hydrogens (tertiary/aromatic N) is 1. The minimum absolute atomic E-state index is 0.0127. The van der Waals surface area contributed by atoms with Gasteiger partial charge in [0.1, 0.15) is 0 Å². The standard InChI is InChI=1S/C18H22N2O2S/c1-15-9-10-17(20-11-5-6-12-20)13-18(15)19-23(21,22)14-16-7-3-2-4-8-16/h2-4,7-10,13,19H,5-6,11-12,14H2,1H3. The van der Waals surface area contributed by atoms with Gasteiger partial charge in [-0.3, -0.25) is 4.72 Å². The molecule has 3 rings (SSSR count). The molecule has 0 aliphatic carbocycles. The van der Waals surface area contributed by atoms with Crippen LogP contribution in [-0.2, 0) is 15.8 Å². The lowest BCUT2D eigenvalue weighted by Gasteiger charge is -2.20. The lowest BCUT2D eigenvalue weighted by molar-refractivity contribution is 0.600. The molecule has 0 spiro atoms. The first-order chi connectivity index (χ1) is 11.0. The second-order valence-electron chi connectivity index (χ2n) is 6.04. The fourth-order valence-corrected chi connectivity index (χ4v) is 4.15.